The van der Waals surface area contributed by atoms with Gasteiger partial charge in [-0.2, -0.15) is 13.8 Å². The number of carbonyl (C=O) groups excluding carboxylic acids is 1. The molecule has 0 amide bonds. The van der Waals surface area contributed by atoms with Gasteiger partial charge in [-0.15, -0.1) is 0 Å². The monoisotopic (exact) mass is 372 g/mol. The molecule has 0 aromatic heterocycles. The minimum absolute atomic E-state index is 0. The quantitative estimate of drug-likeness (QED) is 0.232. The number of ether oxygens (including phenoxy) is 1. The minimum Gasteiger partial charge on any atom is -0.461 e. The summed E-state index contributed by atoms with van der Waals surface area (Å²) < 4.78 is 5.24. The third kappa shape index (κ3) is 7.87. The van der Waals surface area contributed by atoms with Gasteiger partial charge in [0.25, 0.3) is 0 Å². The molecule has 1 radical (unpaired) electrons. The minimum atomic E-state index is -0.309. The standard InChI is InChI=1S/C18H25BN3O2.2Na/c1-13(2)19-11-16(19)22(14(3)20)17(21)9-10-18(23)24-12-15-7-5-4-6-8-15;;/h4-8,16,20-21H,9-12H2,1-3H3;;/q-1;;+1. The van der Waals surface area contributed by atoms with E-state index in [9.17, 15) is 4.79 Å². The fourth-order valence-corrected chi connectivity index (χ4v) is 2.89. The second-order valence-corrected chi connectivity index (χ2v) is 6.54. The molecule has 1 aliphatic rings. The summed E-state index contributed by atoms with van der Waals surface area (Å²) in [6.07, 6.45) is 1.46. The molecule has 26 heavy (non-hydrogen) atoms. The first-order chi connectivity index (χ1) is 11.4. The van der Waals surface area contributed by atoms with Gasteiger partial charge in [-0.3, -0.25) is 15.6 Å². The summed E-state index contributed by atoms with van der Waals surface area (Å²) in [7, 11) is 0. The zero-order valence-corrected chi connectivity index (χ0v) is 20.6. The third-order valence-electron chi connectivity index (χ3n) is 4.29. The van der Waals surface area contributed by atoms with Crippen LogP contribution in [-0.4, -0.2) is 64.8 Å². The molecule has 1 atom stereocenters. The molecule has 0 bridgehead atoms. The van der Waals surface area contributed by atoms with E-state index >= 15 is 0 Å². The number of rotatable bonds is 7. The predicted molar refractivity (Wildman–Crippen MR) is 103 cm³/mol. The first-order valence-corrected chi connectivity index (χ1v) is 8.31. The Labute approximate surface area is 201 Å². The van der Waals surface area contributed by atoms with Crippen molar-refractivity contribution in [1.29, 1.82) is 10.8 Å². The Morgan fingerprint density at radius 3 is 2.38 bits per heavy atom. The molecule has 0 spiro atoms. The number of amidine groups is 2. The molecule has 1 unspecified atom stereocenters. The van der Waals surface area contributed by atoms with E-state index in [0.29, 0.717) is 24.8 Å². The Balaban J connectivity index is 0.00000312. The van der Waals surface area contributed by atoms with E-state index < -0.39 is 0 Å². The van der Waals surface area contributed by atoms with Crippen LogP contribution in [0.4, 0.5) is 0 Å². The molecule has 2 N–H and O–H groups in total. The summed E-state index contributed by atoms with van der Waals surface area (Å²) >= 11 is 0. The maximum atomic E-state index is 11.9. The van der Waals surface area contributed by atoms with Crippen LogP contribution in [0.5, 0.6) is 0 Å². The van der Waals surface area contributed by atoms with Crippen LogP contribution >= 0.6 is 0 Å². The third-order valence-corrected chi connectivity index (χ3v) is 4.29. The fourth-order valence-electron chi connectivity index (χ4n) is 2.89. The van der Waals surface area contributed by atoms with Crippen molar-refractivity contribution in [3.8, 4) is 0 Å². The molecule has 1 aromatic rings. The number of esters is 1. The van der Waals surface area contributed by atoms with E-state index in [1.54, 1.807) is 11.8 Å². The maximum absolute atomic E-state index is 11.9. The first kappa shape index (κ1) is 25.9. The number of nitrogens with one attached hydrogen (secondary N) is 2. The van der Waals surface area contributed by atoms with Gasteiger partial charge in [0.1, 0.15) is 12.4 Å². The fraction of sp³-hybridized carbons (Fsp3) is 0.444. The van der Waals surface area contributed by atoms with E-state index in [4.69, 9.17) is 15.6 Å². The summed E-state index contributed by atoms with van der Waals surface area (Å²) in [6.45, 7) is 6.59. The van der Waals surface area contributed by atoms with Crippen LogP contribution in [0.25, 0.3) is 0 Å². The van der Waals surface area contributed by atoms with Crippen LogP contribution in [0.2, 0.25) is 6.32 Å². The summed E-state index contributed by atoms with van der Waals surface area (Å²) in [5.41, 5.74) is 0.952. The van der Waals surface area contributed by atoms with Gasteiger partial charge < -0.3 is 15.5 Å². The van der Waals surface area contributed by atoms with Crippen LogP contribution in [0, 0.1) is 16.6 Å². The van der Waals surface area contributed by atoms with Crippen molar-refractivity contribution in [3.63, 3.8) is 0 Å². The van der Waals surface area contributed by atoms with Crippen molar-refractivity contribution < 1.29 is 39.1 Å². The van der Waals surface area contributed by atoms with Crippen molar-refractivity contribution in [2.75, 3.05) is 0 Å². The van der Waals surface area contributed by atoms with Gasteiger partial charge >= 0.3 is 35.5 Å². The molecule has 0 aliphatic carbocycles. The van der Waals surface area contributed by atoms with Crippen molar-refractivity contribution in [1.82, 2.24) is 4.90 Å². The number of benzene rings is 1. The van der Waals surface area contributed by atoms with Crippen LogP contribution in [0.1, 0.15) is 39.2 Å². The average Bonchev–Trinajstić information content (AvgIpc) is 3.32. The Morgan fingerprint density at radius 2 is 1.88 bits per heavy atom. The van der Waals surface area contributed by atoms with E-state index in [2.05, 4.69) is 13.8 Å². The van der Waals surface area contributed by atoms with Crippen LogP contribution in [0.15, 0.2) is 30.3 Å². The summed E-state index contributed by atoms with van der Waals surface area (Å²) in [6, 6.07) is 9.55. The molecule has 5 nitrogen and oxygen atoms in total. The Morgan fingerprint density at radius 1 is 1.27 bits per heavy atom. The van der Waals surface area contributed by atoms with Crippen LogP contribution in [-0.2, 0) is 16.1 Å². The van der Waals surface area contributed by atoms with Gasteiger partial charge in [0.2, 0.25) is 0 Å². The summed E-state index contributed by atoms with van der Waals surface area (Å²) in [5.74, 6) is 1.93. The molecule has 1 aliphatic heterocycles. The second-order valence-electron chi connectivity index (χ2n) is 6.54. The number of hydrogen-bond donors (Lipinski definition) is 2. The van der Waals surface area contributed by atoms with Gasteiger partial charge in [0, 0.05) is 42.7 Å². The van der Waals surface area contributed by atoms with Gasteiger partial charge in [-0.1, -0.05) is 36.7 Å². The van der Waals surface area contributed by atoms with Crippen LogP contribution < -0.4 is 29.6 Å². The Hall–Kier alpha value is -0.105. The Bertz CT molecular complexity index is 614. The van der Waals surface area contributed by atoms with Gasteiger partial charge in [-0.25, -0.2) is 0 Å². The molecule has 0 saturated carbocycles. The maximum Gasteiger partial charge on any atom is 1.00 e. The molecule has 1 saturated heterocycles. The zero-order valence-electron chi connectivity index (χ0n) is 16.6. The van der Waals surface area contributed by atoms with Crippen molar-refractivity contribution in [3.05, 3.63) is 41.7 Å². The van der Waals surface area contributed by atoms with E-state index in [0.717, 1.165) is 11.9 Å². The number of carbonyl (C=O) groups is 1. The summed E-state index contributed by atoms with van der Waals surface area (Å²) in [5, 5.41) is 16.2. The first-order valence-electron chi connectivity index (χ1n) is 8.31. The number of nitrogens with zero attached hydrogens (tertiary/aromatic N) is 1. The average molecular weight is 372 g/mol. The van der Waals surface area contributed by atoms with Gasteiger partial charge in [0.15, 0.2) is 0 Å². The molecular formula is C18H25BN3Na2O2. The second kappa shape index (κ2) is 12.4. The number of hydrogen-bond acceptors (Lipinski definition) is 4. The normalized spacial score (nSPS) is 14.8. The molecule has 1 aromatic carbocycles. The topological polar surface area (TPSA) is 77.2 Å². The predicted octanol–water partition coefficient (Wildman–Crippen LogP) is -0.0207. The van der Waals surface area contributed by atoms with E-state index in [-0.39, 0.29) is 84.1 Å². The van der Waals surface area contributed by atoms with Crippen LogP contribution in [0.3, 0.4) is 0 Å². The van der Waals surface area contributed by atoms with Crippen molar-refractivity contribution in [2.45, 2.75) is 52.5 Å². The van der Waals surface area contributed by atoms with Crippen molar-refractivity contribution >= 4 is 53.9 Å². The Kier molecular flexibility index (Phi) is 12.3. The molecule has 1 fully saturated rings. The molecule has 1 heterocycles. The van der Waals surface area contributed by atoms with E-state index in [1.807, 2.05) is 30.3 Å². The largest absolute Gasteiger partial charge is 1.00 e. The molecular weight excluding hydrogens is 347 g/mol. The van der Waals surface area contributed by atoms with Gasteiger partial charge in [0.05, 0.1) is 12.3 Å². The smallest absolute Gasteiger partial charge is 0.461 e. The zero-order chi connectivity index (χ0) is 17.7. The molecule has 2 rings (SSSR count). The SMILES string of the molecule is CC(=N)N(C(=N)CCC(=O)OCc1ccccc1)C1CB1[C-](C)C.[Na+].[Na]. The van der Waals surface area contributed by atoms with E-state index in [1.165, 1.54) is 5.82 Å². The molecule has 8 heteroatoms. The molecule has 129 valence electrons. The van der Waals surface area contributed by atoms with Crippen molar-refractivity contribution in [2.24, 2.45) is 0 Å². The summed E-state index contributed by atoms with van der Waals surface area (Å²) in [4.78, 5) is 13.6. The van der Waals surface area contributed by atoms with Gasteiger partial charge in [-0.05, 0) is 18.4 Å².